The van der Waals surface area contributed by atoms with E-state index in [0.717, 1.165) is 38.1 Å². The molecule has 3 heteroatoms. The van der Waals surface area contributed by atoms with E-state index in [4.69, 9.17) is 4.42 Å². The molecule has 0 saturated carbocycles. The molecule has 0 spiro atoms. The Bertz CT molecular complexity index is 352. The first-order valence-electron chi connectivity index (χ1n) is 5.41. The topological polar surface area (TPSA) is 40.2 Å². The highest BCUT2D eigenvalue weighted by Gasteiger charge is 2.36. The molecule has 2 rings (SSSR count). The Hall–Kier alpha value is -1.27. The first-order chi connectivity index (χ1) is 7.27. The standard InChI is InChI=1S/C12H16N2O/c1-14-7-3-5-12(10-13,6-8-14)11-4-2-9-15-11/h2,4,9H,3,5-8H2,1H3. The zero-order chi connectivity index (χ0) is 10.7. The summed E-state index contributed by atoms with van der Waals surface area (Å²) >= 11 is 0. The average Bonchev–Trinajstić information content (AvgIpc) is 2.71. The van der Waals surface area contributed by atoms with Gasteiger partial charge in [-0.25, -0.2) is 0 Å². The predicted octanol–water partition coefficient (Wildman–Crippen LogP) is 2.16. The molecule has 1 saturated heterocycles. The lowest BCUT2D eigenvalue weighted by atomic mass is 9.80. The van der Waals surface area contributed by atoms with Gasteiger partial charge in [-0.3, -0.25) is 0 Å². The fourth-order valence-electron chi connectivity index (χ4n) is 2.23. The second-order valence-electron chi connectivity index (χ2n) is 4.33. The van der Waals surface area contributed by atoms with Crippen molar-refractivity contribution in [1.29, 1.82) is 5.26 Å². The second kappa shape index (κ2) is 4.08. The minimum absolute atomic E-state index is 0.395. The maximum atomic E-state index is 9.40. The first kappa shape index (κ1) is 10.3. The molecule has 1 aliphatic heterocycles. The molecular formula is C12H16N2O. The molecule has 0 bridgehead atoms. The van der Waals surface area contributed by atoms with E-state index in [9.17, 15) is 5.26 Å². The minimum Gasteiger partial charge on any atom is -0.468 e. The van der Waals surface area contributed by atoms with Gasteiger partial charge in [-0.1, -0.05) is 0 Å². The van der Waals surface area contributed by atoms with Gasteiger partial charge in [0.25, 0.3) is 0 Å². The summed E-state index contributed by atoms with van der Waals surface area (Å²) in [6.07, 6.45) is 4.49. The second-order valence-corrected chi connectivity index (χ2v) is 4.33. The molecule has 80 valence electrons. The number of rotatable bonds is 1. The van der Waals surface area contributed by atoms with Crippen molar-refractivity contribution in [1.82, 2.24) is 4.90 Å². The SMILES string of the molecule is CN1CCCC(C#N)(c2ccco2)CC1. The van der Waals surface area contributed by atoms with Crippen LogP contribution < -0.4 is 0 Å². The van der Waals surface area contributed by atoms with E-state index in [0.29, 0.717) is 0 Å². The monoisotopic (exact) mass is 204 g/mol. The van der Waals surface area contributed by atoms with Gasteiger partial charge in [-0.05, 0) is 51.5 Å². The van der Waals surface area contributed by atoms with Crippen molar-refractivity contribution >= 4 is 0 Å². The van der Waals surface area contributed by atoms with Crippen molar-refractivity contribution in [2.75, 3.05) is 20.1 Å². The molecule has 0 N–H and O–H groups in total. The van der Waals surface area contributed by atoms with Crippen molar-refractivity contribution in [2.45, 2.75) is 24.7 Å². The fourth-order valence-corrected chi connectivity index (χ4v) is 2.23. The molecule has 1 unspecified atom stereocenters. The van der Waals surface area contributed by atoms with E-state index >= 15 is 0 Å². The first-order valence-corrected chi connectivity index (χ1v) is 5.41. The lowest BCUT2D eigenvalue weighted by Crippen LogP contribution is -2.26. The lowest BCUT2D eigenvalue weighted by Gasteiger charge is -2.22. The van der Waals surface area contributed by atoms with E-state index < -0.39 is 5.41 Å². The van der Waals surface area contributed by atoms with Crippen molar-refractivity contribution < 1.29 is 4.42 Å². The summed E-state index contributed by atoms with van der Waals surface area (Å²) in [6, 6.07) is 6.25. The Balaban J connectivity index is 2.26. The number of furan rings is 1. The van der Waals surface area contributed by atoms with Crippen molar-refractivity contribution in [3.63, 3.8) is 0 Å². The van der Waals surface area contributed by atoms with E-state index in [1.807, 2.05) is 12.1 Å². The molecule has 1 atom stereocenters. The van der Waals surface area contributed by atoms with Crippen LogP contribution in [0.5, 0.6) is 0 Å². The quantitative estimate of drug-likeness (QED) is 0.703. The number of hydrogen-bond donors (Lipinski definition) is 0. The fraction of sp³-hybridized carbons (Fsp3) is 0.583. The van der Waals surface area contributed by atoms with E-state index in [1.54, 1.807) is 6.26 Å². The zero-order valence-electron chi connectivity index (χ0n) is 9.07. The van der Waals surface area contributed by atoms with Crippen LogP contribution in [0.1, 0.15) is 25.0 Å². The highest BCUT2D eigenvalue weighted by Crippen LogP contribution is 2.34. The molecule has 15 heavy (non-hydrogen) atoms. The number of nitrogens with zero attached hydrogens (tertiary/aromatic N) is 2. The van der Waals surface area contributed by atoms with Crippen molar-refractivity contribution in [2.24, 2.45) is 0 Å². The smallest absolute Gasteiger partial charge is 0.124 e. The predicted molar refractivity (Wildman–Crippen MR) is 57.3 cm³/mol. The van der Waals surface area contributed by atoms with Gasteiger partial charge >= 0.3 is 0 Å². The van der Waals surface area contributed by atoms with Crippen LogP contribution >= 0.6 is 0 Å². The molecule has 2 heterocycles. The van der Waals surface area contributed by atoms with Crippen molar-refractivity contribution in [3.8, 4) is 6.07 Å². The summed E-state index contributed by atoms with van der Waals surface area (Å²) in [4.78, 5) is 2.28. The molecule has 0 aromatic carbocycles. The molecular weight excluding hydrogens is 188 g/mol. The zero-order valence-corrected chi connectivity index (χ0v) is 9.07. The molecule has 1 aromatic rings. The molecule has 1 aromatic heterocycles. The average molecular weight is 204 g/mol. The molecule has 0 amide bonds. The molecule has 0 radical (unpaired) electrons. The highest BCUT2D eigenvalue weighted by atomic mass is 16.3. The van der Waals surface area contributed by atoms with Gasteiger partial charge in [0.15, 0.2) is 0 Å². The Kier molecular flexibility index (Phi) is 2.79. The maximum absolute atomic E-state index is 9.40. The van der Waals surface area contributed by atoms with Crippen LogP contribution in [0.2, 0.25) is 0 Å². The molecule has 3 nitrogen and oxygen atoms in total. The van der Waals surface area contributed by atoms with Gasteiger partial charge in [-0.2, -0.15) is 5.26 Å². The Morgan fingerprint density at radius 1 is 1.47 bits per heavy atom. The molecule has 0 aliphatic carbocycles. The summed E-state index contributed by atoms with van der Waals surface area (Å²) < 4.78 is 5.42. The summed E-state index contributed by atoms with van der Waals surface area (Å²) in [5.74, 6) is 0.834. The van der Waals surface area contributed by atoms with Crippen LogP contribution in [0.15, 0.2) is 22.8 Å². The van der Waals surface area contributed by atoms with Gasteiger partial charge in [0, 0.05) is 0 Å². The number of hydrogen-bond acceptors (Lipinski definition) is 3. The molecule has 1 fully saturated rings. The highest BCUT2D eigenvalue weighted by molar-refractivity contribution is 5.24. The van der Waals surface area contributed by atoms with Gasteiger partial charge < -0.3 is 9.32 Å². The van der Waals surface area contributed by atoms with Crippen LogP contribution in [0.4, 0.5) is 0 Å². The Morgan fingerprint density at radius 3 is 3.00 bits per heavy atom. The summed E-state index contributed by atoms with van der Waals surface area (Å²) in [5.41, 5.74) is -0.395. The van der Waals surface area contributed by atoms with Crippen molar-refractivity contribution in [3.05, 3.63) is 24.2 Å². The van der Waals surface area contributed by atoms with Crippen LogP contribution in [-0.4, -0.2) is 25.0 Å². The maximum Gasteiger partial charge on any atom is 0.124 e. The lowest BCUT2D eigenvalue weighted by molar-refractivity contribution is 0.329. The van der Waals surface area contributed by atoms with Crippen LogP contribution in [-0.2, 0) is 5.41 Å². The van der Waals surface area contributed by atoms with E-state index in [2.05, 4.69) is 18.0 Å². The summed E-state index contributed by atoms with van der Waals surface area (Å²) in [6.45, 7) is 2.04. The van der Waals surface area contributed by atoms with Crippen LogP contribution in [0.3, 0.4) is 0 Å². The summed E-state index contributed by atoms with van der Waals surface area (Å²) in [7, 11) is 2.11. The van der Waals surface area contributed by atoms with Gasteiger partial charge in [0.05, 0.1) is 12.3 Å². The largest absolute Gasteiger partial charge is 0.468 e. The van der Waals surface area contributed by atoms with Crippen LogP contribution in [0.25, 0.3) is 0 Å². The van der Waals surface area contributed by atoms with Gasteiger partial charge in [-0.15, -0.1) is 0 Å². The minimum atomic E-state index is -0.395. The van der Waals surface area contributed by atoms with Gasteiger partial charge in [0.2, 0.25) is 0 Å². The third-order valence-electron chi connectivity index (χ3n) is 3.27. The number of likely N-dealkylation sites (tertiary alicyclic amines) is 1. The van der Waals surface area contributed by atoms with Crippen LogP contribution in [0, 0.1) is 11.3 Å². The third-order valence-corrected chi connectivity index (χ3v) is 3.27. The van der Waals surface area contributed by atoms with E-state index in [-0.39, 0.29) is 0 Å². The Labute approximate surface area is 90.3 Å². The summed E-state index contributed by atoms with van der Waals surface area (Å²) in [5, 5.41) is 9.40. The number of nitriles is 1. The van der Waals surface area contributed by atoms with Gasteiger partial charge in [0.1, 0.15) is 11.2 Å². The third kappa shape index (κ3) is 1.91. The Morgan fingerprint density at radius 2 is 2.33 bits per heavy atom. The normalized spacial score (nSPS) is 28.3. The van der Waals surface area contributed by atoms with E-state index in [1.165, 1.54) is 0 Å². The molecule has 1 aliphatic rings.